The number of amides is 2. The molecule has 2 amide bonds. The molecule has 0 aromatic heterocycles. The lowest BCUT2D eigenvalue weighted by Gasteiger charge is -2.33. The van der Waals surface area contributed by atoms with Gasteiger partial charge in [0.1, 0.15) is 12.6 Å². The second-order valence-corrected chi connectivity index (χ2v) is 12.4. The Labute approximate surface area is 239 Å². The van der Waals surface area contributed by atoms with Crippen LogP contribution >= 0.6 is 0 Å². The van der Waals surface area contributed by atoms with Crippen molar-refractivity contribution in [2.75, 3.05) is 23.9 Å². The van der Waals surface area contributed by atoms with Gasteiger partial charge in [0.15, 0.2) is 0 Å². The monoisotopic (exact) mass is 563 g/mol. The van der Waals surface area contributed by atoms with Crippen molar-refractivity contribution >= 4 is 27.5 Å². The van der Waals surface area contributed by atoms with Crippen molar-refractivity contribution in [2.24, 2.45) is 5.92 Å². The number of hydrogen-bond acceptors (Lipinski definition) is 4. The Hall–Kier alpha value is -3.65. The number of nitrogens with zero attached hydrogens (tertiary/aromatic N) is 2. The Bertz CT molecular complexity index is 1380. The molecule has 0 aliphatic rings. The second-order valence-electron chi connectivity index (χ2n) is 10.5. The molecule has 7 nitrogen and oxygen atoms in total. The van der Waals surface area contributed by atoms with E-state index in [1.165, 1.54) is 16.4 Å². The van der Waals surface area contributed by atoms with Gasteiger partial charge in [0.2, 0.25) is 11.8 Å². The summed E-state index contributed by atoms with van der Waals surface area (Å²) in [4.78, 5) is 29.0. The normalized spacial score (nSPS) is 12.2. The molecular formula is C32H41N3O4S. The van der Waals surface area contributed by atoms with Crippen LogP contribution in [0.25, 0.3) is 0 Å². The average Bonchev–Trinajstić information content (AvgIpc) is 2.94. The van der Waals surface area contributed by atoms with Gasteiger partial charge in [-0.15, -0.1) is 0 Å². The number of carbonyl (C=O) groups excluding carboxylic acids is 2. The Morgan fingerprint density at radius 1 is 0.900 bits per heavy atom. The highest BCUT2D eigenvalue weighted by atomic mass is 32.2. The number of hydrogen-bond donors (Lipinski definition) is 1. The summed E-state index contributed by atoms with van der Waals surface area (Å²) in [5.74, 6) is -0.408. The summed E-state index contributed by atoms with van der Waals surface area (Å²) in [6, 6.07) is 22.6. The molecule has 1 atom stereocenters. The third-order valence-electron chi connectivity index (χ3n) is 6.79. The largest absolute Gasteiger partial charge is 0.354 e. The van der Waals surface area contributed by atoms with Gasteiger partial charge in [0.05, 0.1) is 10.6 Å². The zero-order chi connectivity index (χ0) is 29.3. The van der Waals surface area contributed by atoms with Gasteiger partial charge in [-0.25, -0.2) is 8.42 Å². The number of benzene rings is 3. The second kappa shape index (κ2) is 14.1. The summed E-state index contributed by atoms with van der Waals surface area (Å²) in [5.41, 5.74) is 3.19. The Kier molecular flexibility index (Phi) is 10.9. The predicted octanol–water partition coefficient (Wildman–Crippen LogP) is 5.12. The summed E-state index contributed by atoms with van der Waals surface area (Å²) in [6.45, 7) is 10.0. The first-order valence-electron chi connectivity index (χ1n) is 13.8. The van der Waals surface area contributed by atoms with Crippen molar-refractivity contribution in [3.63, 3.8) is 0 Å². The average molecular weight is 564 g/mol. The molecule has 3 rings (SSSR count). The molecule has 0 bridgehead atoms. The van der Waals surface area contributed by atoms with Crippen LogP contribution < -0.4 is 9.62 Å². The lowest BCUT2D eigenvalue weighted by atomic mass is 10.1. The molecule has 0 unspecified atom stereocenters. The van der Waals surface area contributed by atoms with Gasteiger partial charge in [-0.05, 0) is 61.9 Å². The highest BCUT2D eigenvalue weighted by Gasteiger charge is 2.33. The van der Waals surface area contributed by atoms with Crippen LogP contribution in [0.2, 0.25) is 0 Å². The number of sulfonamides is 1. The van der Waals surface area contributed by atoms with Crippen molar-refractivity contribution in [3.8, 4) is 0 Å². The number of carbonyl (C=O) groups is 2. The molecule has 0 saturated carbocycles. The molecule has 1 N–H and O–H groups in total. The maximum absolute atomic E-state index is 14.1. The molecule has 3 aromatic rings. The first-order chi connectivity index (χ1) is 19.0. The first kappa shape index (κ1) is 30.9. The fourth-order valence-corrected chi connectivity index (χ4v) is 6.14. The van der Waals surface area contributed by atoms with E-state index in [9.17, 15) is 18.0 Å². The maximum Gasteiger partial charge on any atom is 0.264 e. The summed E-state index contributed by atoms with van der Waals surface area (Å²) in [5, 5.41) is 2.96. The Morgan fingerprint density at radius 3 is 2.10 bits per heavy atom. The fraction of sp³-hybridized carbons (Fsp3) is 0.375. The van der Waals surface area contributed by atoms with Gasteiger partial charge in [-0.1, -0.05) is 87.0 Å². The summed E-state index contributed by atoms with van der Waals surface area (Å²) < 4.78 is 29.0. The zero-order valence-electron chi connectivity index (χ0n) is 24.1. The van der Waals surface area contributed by atoms with Crippen LogP contribution in [0.15, 0.2) is 83.8 Å². The Balaban J connectivity index is 2.01. The van der Waals surface area contributed by atoms with E-state index in [4.69, 9.17) is 0 Å². The molecule has 0 aliphatic heterocycles. The summed E-state index contributed by atoms with van der Waals surface area (Å²) in [7, 11) is -4.07. The van der Waals surface area contributed by atoms with Crippen molar-refractivity contribution in [2.45, 2.75) is 58.4 Å². The topological polar surface area (TPSA) is 86.8 Å². The summed E-state index contributed by atoms with van der Waals surface area (Å²) >= 11 is 0. The van der Waals surface area contributed by atoms with Crippen LogP contribution in [-0.4, -0.2) is 50.8 Å². The van der Waals surface area contributed by atoms with Crippen LogP contribution in [0.1, 0.15) is 43.9 Å². The molecule has 214 valence electrons. The number of rotatable bonds is 13. The smallest absolute Gasteiger partial charge is 0.264 e. The van der Waals surface area contributed by atoms with Crippen LogP contribution in [0.4, 0.5) is 5.69 Å². The van der Waals surface area contributed by atoms with Crippen molar-refractivity contribution in [3.05, 3.63) is 95.6 Å². The van der Waals surface area contributed by atoms with Gasteiger partial charge in [-0.2, -0.15) is 0 Å². The third kappa shape index (κ3) is 7.94. The minimum Gasteiger partial charge on any atom is -0.354 e. The van der Waals surface area contributed by atoms with Crippen LogP contribution in [0.3, 0.4) is 0 Å². The fourth-order valence-electron chi connectivity index (χ4n) is 4.64. The van der Waals surface area contributed by atoms with E-state index in [0.717, 1.165) is 16.7 Å². The van der Waals surface area contributed by atoms with E-state index < -0.39 is 28.5 Å². The molecule has 0 spiro atoms. The molecule has 0 aliphatic carbocycles. The highest BCUT2D eigenvalue weighted by molar-refractivity contribution is 7.92. The van der Waals surface area contributed by atoms with Crippen molar-refractivity contribution in [1.29, 1.82) is 0 Å². The predicted molar refractivity (Wildman–Crippen MR) is 161 cm³/mol. The summed E-state index contributed by atoms with van der Waals surface area (Å²) in [6.07, 6.45) is 0.939. The SMILES string of the molecule is CC[C@@H](C(=O)NCC(C)C)N(CCc1ccccc1)C(=O)CN(c1ccc(C)cc1C)S(=O)(=O)c1ccccc1. The highest BCUT2D eigenvalue weighted by Crippen LogP contribution is 2.28. The van der Waals surface area contributed by atoms with E-state index >= 15 is 0 Å². The lowest BCUT2D eigenvalue weighted by molar-refractivity contribution is -0.139. The maximum atomic E-state index is 14.1. The first-order valence-corrected chi connectivity index (χ1v) is 15.2. The molecule has 0 saturated heterocycles. The molecule has 0 radical (unpaired) electrons. The lowest BCUT2D eigenvalue weighted by Crippen LogP contribution is -2.53. The third-order valence-corrected chi connectivity index (χ3v) is 8.56. The number of nitrogens with one attached hydrogen (secondary N) is 1. The van der Waals surface area contributed by atoms with Crippen LogP contribution in [0.5, 0.6) is 0 Å². The molecule has 0 heterocycles. The Morgan fingerprint density at radius 2 is 1.52 bits per heavy atom. The minimum absolute atomic E-state index is 0.0975. The number of aryl methyl sites for hydroxylation is 2. The van der Waals surface area contributed by atoms with Crippen LogP contribution in [0, 0.1) is 19.8 Å². The molecule has 40 heavy (non-hydrogen) atoms. The van der Waals surface area contributed by atoms with Crippen LogP contribution in [-0.2, 0) is 26.0 Å². The quantitative estimate of drug-likeness (QED) is 0.313. The zero-order valence-corrected chi connectivity index (χ0v) is 24.9. The molecule has 8 heteroatoms. The van der Waals surface area contributed by atoms with Gasteiger partial charge in [-0.3, -0.25) is 13.9 Å². The van der Waals surface area contributed by atoms with E-state index in [2.05, 4.69) is 5.32 Å². The van der Waals surface area contributed by atoms with Gasteiger partial charge in [0.25, 0.3) is 10.0 Å². The van der Waals surface area contributed by atoms with Crippen molar-refractivity contribution in [1.82, 2.24) is 10.2 Å². The number of anilines is 1. The van der Waals surface area contributed by atoms with E-state index in [-0.39, 0.29) is 23.3 Å². The molecule has 3 aromatic carbocycles. The van der Waals surface area contributed by atoms with Gasteiger partial charge >= 0.3 is 0 Å². The van der Waals surface area contributed by atoms with Crippen molar-refractivity contribution < 1.29 is 18.0 Å². The van der Waals surface area contributed by atoms with E-state index in [1.54, 1.807) is 29.2 Å². The van der Waals surface area contributed by atoms with E-state index in [1.807, 2.05) is 77.1 Å². The minimum atomic E-state index is -4.07. The molecule has 0 fully saturated rings. The van der Waals surface area contributed by atoms with Gasteiger partial charge in [0, 0.05) is 13.1 Å². The van der Waals surface area contributed by atoms with E-state index in [0.29, 0.717) is 25.1 Å². The molecular weight excluding hydrogens is 522 g/mol. The standard InChI is InChI=1S/C32H41N3O4S/c1-6-29(32(37)33-22-24(2)3)34(20-19-27-13-9-7-10-14-27)31(36)23-35(30-18-17-25(4)21-26(30)5)40(38,39)28-15-11-8-12-16-28/h7-18,21,24,29H,6,19-20,22-23H2,1-5H3,(H,33,37)/t29-/m0/s1. The van der Waals surface area contributed by atoms with Gasteiger partial charge < -0.3 is 10.2 Å².